The fourth-order valence-corrected chi connectivity index (χ4v) is 3.31. The summed E-state index contributed by atoms with van der Waals surface area (Å²) in [6.07, 6.45) is 17.1. The fraction of sp³-hybridized carbons (Fsp3) is 0.947. The molecule has 0 aliphatic carbocycles. The summed E-state index contributed by atoms with van der Waals surface area (Å²) in [6.45, 7) is 2.37. The summed E-state index contributed by atoms with van der Waals surface area (Å²) in [6, 6.07) is 0. The van der Waals surface area contributed by atoms with Crippen LogP contribution >= 0.6 is 0 Å². The molecule has 0 rings (SSSR count). The average Bonchev–Trinajstić information content (AvgIpc) is 2.59. The van der Waals surface area contributed by atoms with Gasteiger partial charge in [0.1, 0.15) is 0 Å². The predicted octanol–water partition coefficient (Wildman–Crippen LogP) is 3.91. The van der Waals surface area contributed by atoms with Crippen molar-refractivity contribution < 1.29 is 17.4 Å². The molecule has 0 fully saturated rings. The van der Waals surface area contributed by atoms with Crippen LogP contribution in [0.4, 0.5) is 0 Å². The van der Waals surface area contributed by atoms with Gasteiger partial charge in [-0.2, -0.15) is 8.42 Å². The van der Waals surface area contributed by atoms with Gasteiger partial charge in [0.15, 0.2) is 0 Å². The number of rotatable bonds is 18. The molecule has 0 aromatic heterocycles. The van der Waals surface area contributed by atoms with E-state index in [0.29, 0.717) is 6.42 Å². The Labute approximate surface area is 204 Å². The summed E-state index contributed by atoms with van der Waals surface area (Å²) < 4.78 is 26.5. The number of unbranched alkanes of at least 4 members (excludes halogenated alkanes) is 12. The Morgan fingerprint density at radius 3 is 1.65 bits per heavy atom. The normalized spacial score (nSPS) is 11.2. The van der Waals surface area contributed by atoms with Crippen molar-refractivity contribution in [2.75, 3.05) is 19.4 Å². The third-order valence-electron chi connectivity index (χ3n) is 4.44. The van der Waals surface area contributed by atoms with Gasteiger partial charge >= 0.3 is 51.4 Å². The molecule has 0 atom stereocenters. The van der Waals surface area contributed by atoms with Crippen LogP contribution in [0.25, 0.3) is 0 Å². The molecule has 0 saturated heterocycles. The van der Waals surface area contributed by atoms with Crippen LogP contribution in [0.3, 0.4) is 0 Å². The van der Waals surface area contributed by atoms with Crippen molar-refractivity contribution in [3.63, 3.8) is 0 Å². The third kappa shape index (κ3) is 21.3. The van der Waals surface area contributed by atoms with Crippen LogP contribution in [0.2, 0.25) is 0 Å². The quantitative estimate of drug-likeness (QED) is 0.208. The van der Waals surface area contributed by atoms with Gasteiger partial charge in [0.2, 0.25) is 5.91 Å². The number of amides is 1. The van der Waals surface area contributed by atoms with Crippen molar-refractivity contribution in [1.29, 1.82) is 0 Å². The van der Waals surface area contributed by atoms with Crippen molar-refractivity contribution in [3.05, 3.63) is 0 Å². The van der Waals surface area contributed by atoms with Gasteiger partial charge in [-0.1, -0.05) is 84.0 Å². The van der Waals surface area contributed by atoms with Gasteiger partial charge in [0.25, 0.3) is 10.1 Å². The molecule has 7 heteroatoms. The van der Waals surface area contributed by atoms with Crippen molar-refractivity contribution in [1.82, 2.24) is 5.32 Å². The van der Waals surface area contributed by atoms with Crippen LogP contribution in [-0.4, -0.2) is 85.1 Å². The molecule has 0 radical (unpaired) electrons. The molecule has 152 valence electrons. The van der Waals surface area contributed by atoms with Crippen molar-refractivity contribution in [2.24, 2.45) is 0 Å². The van der Waals surface area contributed by atoms with Gasteiger partial charge in [-0.15, -0.1) is 0 Å². The Morgan fingerprint density at radius 1 is 0.808 bits per heavy atom. The number of hydrogen-bond acceptors (Lipinski definition) is 4. The topological polar surface area (TPSA) is 72.5 Å². The molecule has 0 aromatic rings. The van der Waals surface area contributed by atoms with E-state index in [1.165, 1.54) is 70.6 Å². The summed E-state index contributed by atoms with van der Waals surface area (Å²) in [4.78, 5) is 11.6. The van der Waals surface area contributed by atoms with E-state index >= 15 is 0 Å². The van der Waals surface area contributed by atoms with Crippen molar-refractivity contribution >= 4 is 67.4 Å². The van der Waals surface area contributed by atoms with Gasteiger partial charge < -0.3 is 5.32 Å². The molecule has 0 aliphatic rings. The Morgan fingerprint density at radius 2 is 1.23 bits per heavy atom. The molecule has 0 unspecified atom stereocenters. The van der Waals surface area contributed by atoms with Crippen LogP contribution in [0.1, 0.15) is 96.8 Å². The molecule has 0 saturated carbocycles. The zero-order chi connectivity index (χ0) is 18.8. The minimum absolute atomic E-state index is 0. The van der Waals surface area contributed by atoms with Crippen LogP contribution in [-0.2, 0) is 19.1 Å². The van der Waals surface area contributed by atoms with Crippen LogP contribution in [0, 0.1) is 0 Å². The molecule has 0 aromatic carbocycles. The monoisotopic (exact) mass is 417 g/mol. The van der Waals surface area contributed by atoms with E-state index in [9.17, 15) is 13.2 Å². The second kappa shape index (κ2) is 20.7. The van der Waals surface area contributed by atoms with E-state index in [0.717, 1.165) is 20.0 Å². The number of carbonyl (C=O) groups is 1. The first kappa shape index (κ1) is 29.2. The second-order valence-electron chi connectivity index (χ2n) is 6.77. The van der Waals surface area contributed by atoms with E-state index in [1.807, 2.05) is 0 Å². The van der Waals surface area contributed by atoms with E-state index < -0.39 is 10.1 Å². The van der Waals surface area contributed by atoms with E-state index in [4.69, 9.17) is 0 Å². The van der Waals surface area contributed by atoms with Gasteiger partial charge in [0.05, 0.1) is 12.9 Å². The zero-order valence-corrected chi connectivity index (χ0v) is 17.2. The van der Waals surface area contributed by atoms with E-state index in [-0.39, 0.29) is 69.6 Å². The molecule has 26 heavy (non-hydrogen) atoms. The Balaban J connectivity index is 0. The molecular weight excluding hydrogens is 377 g/mol. The van der Waals surface area contributed by atoms with Crippen molar-refractivity contribution in [2.45, 2.75) is 96.8 Å². The van der Waals surface area contributed by atoms with Gasteiger partial charge in [-0.05, 0) is 6.42 Å². The third-order valence-corrected chi connectivity index (χ3v) is 5.65. The second-order valence-corrected chi connectivity index (χ2v) is 8.63. The predicted molar refractivity (Wildman–Crippen MR) is 111 cm³/mol. The first-order chi connectivity index (χ1) is 12.0. The number of nitrogens with one attached hydrogen (secondary N) is 1. The molecular formula is C19H40KNO4S. The minimum atomic E-state index is -3.48. The summed E-state index contributed by atoms with van der Waals surface area (Å²) in [5.74, 6) is -0.247. The van der Waals surface area contributed by atoms with Crippen LogP contribution < -0.4 is 5.32 Å². The van der Waals surface area contributed by atoms with Gasteiger partial charge in [-0.25, -0.2) is 0 Å². The average molecular weight is 418 g/mol. The SMILES string of the molecule is CCCCCCCCCCCCCCCC(=O)NCCS(=O)(=O)OC.[KH]. The number of hydrogen-bond donors (Lipinski definition) is 1. The fourth-order valence-electron chi connectivity index (χ4n) is 2.79. The molecule has 0 bridgehead atoms. The van der Waals surface area contributed by atoms with Crippen molar-refractivity contribution in [3.8, 4) is 0 Å². The first-order valence-corrected chi connectivity index (χ1v) is 11.6. The Hall–Kier alpha value is 1.02. The van der Waals surface area contributed by atoms with E-state index in [2.05, 4.69) is 16.4 Å². The molecule has 5 nitrogen and oxygen atoms in total. The standard InChI is InChI=1S/C19H39NO4S.K.H/c1-3-4-5-6-7-8-9-10-11-12-13-14-15-16-19(21)20-17-18-25(22,23)24-2;;/h3-18H2,1-2H3,(H,20,21);;. The number of carbonyl (C=O) groups excluding carboxylic acids is 1. The van der Waals surface area contributed by atoms with Crippen LogP contribution in [0.15, 0.2) is 0 Å². The first-order valence-electron chi connectivity index (χ1n) is 10.1. The summed E-state index contributed by atoms with van der Waals surface area (Å²) in [5, 5.41) is 2.62. The molecule has 0 heterocycles. The molecule has 1 amide bonds. The zero-order valence-electron chi connectivity index (χ0n) is 16.4. The Kier molecular flexibility index (Phi) is 23.3. The van der Waals surface area contributed by atoms with E-state index in [1.54, 1.807) is 0 Å². The molecule has 0 spiro atoms. The summed E-state index contributed by atoms with van der Waals surface area (Å²) in [5.41, 5.74) is 0. The maximum atomic E-state index is 11.6. The summed E-state index contributed by atoms with van der Waals surface area (Å²) >= 11 is 0. The molecule has 1 N–H and O–H groups in total. The van der Waals surface area contributed by atoms with Crippen LogP contribution in [0.5, 0.6) is 0 Å². The summed E-state index contributed by atoms with van der Waals surface area (Å²) in [7, 11) is -2.35. The van der Waals surface area contributed by atoms with Gasteiger partial charge in [0, 0.05) is 13.0 Å². The molecule has 0 aliphatic heterocycles. The maximum absolute atomic E-state index is 11.6. The van der Waals surface area contributed by atoms with Gasteiger partial charge in [-0.3, -0.25) is 8.98 Å². The Bertz CT molecular complexity index is 416.